The van der Waals surface area contributed by atoms with Gasteiger partial charge in [0.1, 0.15) is 15.7 Å². The molecule has 1 fully saturated rings. The van der Waals surface area contributed by atoms with Crippen LogP contribution in [0.2, 0.25) is 0 Å². The van der Waals surface area contributed by atoms with E-state index in [9.17, 15) is 12.8 Å². The predicted molar refractivity (Wildman–Crippen MR) is 74.8 cm³/mol. The summed E-state index contributed by atoms with van der Waals surface area (Å²) in [4.78, 5) is 3.72. The molecule has 3 N–H and O–H groups in total. The molecule has 0 radical (unpaired) electrons. The van der Waals surface area contributed by atoms with Crippen molar-refractivity contribution >= 4 is 9.84 Å². The molecule has 0 amide bonds. The molecular formula is C13H20FN3O2S. The topological polar surface area (TPSA) is 85.1 Å². The van der Waals surface area contributed by atoms with Crippen molar-refractivity contribution in [1.82, 2.24) is 10.4 Å². The predicted octanol–water partition coefficient (Wildman–Crippen LogP) is 1.33. The Hall–Kier alpha value is -1.05. The molecule has 1 aliphatic carbocycles. The molecule has 0 saturated heterocycles. The zero-order chi connectivity index (χ0) is 14.8. The second-order valence-corrected chi connectivity index (χ2v) is 7.75. The number of aromatic nitrogens is 1. The molecule has 7 heteroatoms. The Bertz CT molecular complexity index is 564. The third kappa shape index (κ3) is 3.34. The minimum Gasteiger partial charge on any atom is -0.271 e. The molecule has 0 aromatic carbocycles. The molecule has 1 aromatic heterocycles. The van der Waals surface area contributed by atoms with Crippen molar-refractivity contribution in [3.05, 3.63) is 29.8 Å². The van der Waals surface area contributed by atoms with Crippen LogP contribution in [0.5, 0.6) is 0 Å². The molecule has 2 rings (SSSR count). The molecule has 1 aromatic rings. The Kier molecular flexibility index (Phi) is 4.72. The lowest BCUT2D eigenvalue weighted by Crippen LogP contribution is -2.38. The summed E-state index contributed by atoms with van der Waals surface area (Å²) in [6.45, 7) is 0. The second-order valence-electron chi connectivity index (χ2n) is 5.42. The molecule has 3 atom stereocenters. The highest BCUT2D eigenvalue weighted by Gasteiger charge is 2.34. The average Bonchev–Trinajstić information content (AvgIpc) is 2.41. The van der Waals surface area contributed by atoms with E-state index >= 15 is 0 Å². The molecule has 0 spiro atoms. The Morgan fingerprint density at radius 2 is 2.25 bits per heavy atom. The number of pyridine rings is 1. The van der Waals surface area contributed by atoms with E-state index in [-0.39, 0.29) is 17.2 Å². The van der Waals surface area contributed by atoms with E-state index in [1.54, 1.807) is 6.07 Å². The van der Waals surface area contributed by atoms with Crippen LogP contribution in [0.1, 0.15) is 37.3 Å². The van der Waals surface area contributed by atoms with Crippen molar-refractivity contribution in [2.45, 2.75) is 37.0 Å². The fraction of sp³-hybridized carbons (Fsp3) is 0.615. The second kappa shape index (κ2) is 6.15. The smallest absolute Gasteiger partial charge is 0.150 e. The first-order valence-corrected chi connectivity index (χ1v) is 8.63. The van der Waals surface area contributed by atoms with Gasteiger partial charge in [0.25, 0.3) is 0 Å². The van der Waals surface area contributed by atoms with Crippen LogP contribution < -0.4 is 11.3 Å². The number of hydrogen-bond donors (Lipinski definition) is 2. The van der Waals surface area contributed by atoms with Gasteiger partial charge in [0.15, 0.2) is 0 Å². The van der Waals surface area contributed by atoms with Crippen molar-refractivity contribution in [1.29, 1.82) is 0 Å². The lowest BCUT2D eigenvalue weighted by Gasteiger charge is -2.33. The van der Waals surface area contributed by atoms with Crippen molar-refractivity contribution in [3.63, 3.8) is 0 Å². The lowest BCUT2D eigenvalue weighted by molar-refractivity contribution is 0.269. The van der Waals surface area contributed by atoms with Crippen LogP contribution in [0.15, 0.2) is 18.5 Å². The number of nitrogens with zero attached hydrogens (tertiary/aromatic N) is 1. The monoisotopic (exact) mass is 301 g/mol. The van der Waals surface area contributed by atoms with Crippen LogP contribution in [-0.4, -0.2) is 24.9 Å². The number of hydrogen-bond acceptors (Lipinski definition) is 5. The minimum absolute atomic E-state index is 0.00498. The number of nitrogens with two attached hydrogens (primary N) is 1. The largest absolute Gasteiger partial charge is 0.271 e. The van der Waals surface area contributed by atoms with Crippen LogP contribution in [0.3, 0.4) is 0 Å². The highest BCUT2D eigenvalue weighted by Crippen LogP contribution is 2.36. The molecule has 0 bridgehead atoms. The molecule has 1 aliphatic rings. The summed E-state index contributed by atoms with van der Waals surface area (Å²) in [6.07, 6.45) is 6.75. The first-order chi connectivity index (χ1) is 9.43. The van der Waals surface area contributed by atoms with Gasteiger partial charge >= 0.3 is 0 Å². The SMILES string of the molecule is CS(=O)(=O)C1CCCC(C(NN)c2ccncc2F)C1. The molecule has 20 heavy (non-hydrogen) atoms. The standard InChI is InChI=1S/C13H20FN3O2S/c1-20(18,19)10-4-2-3-9(7-10)13(17-15)11-5-6-16-8-12(11)14/h5-6,8-10,13,17H,2-4,7,15H2,1H3. The van der Waals surface area contributed by atoms with E-state index in [0.29, 0.717) is 18.4 Å². The maximum absolute atomic E-state index is 13.8. The van der Waals surface area contributed by atoms with Crippen LogP contribution in [-0.2, 0) is 9.84 Å². The van der Waals surface area contributed by atoms with Crippen molar-refractivity contribution in [2.24, 2.45) is 11.8 Å². The zero-order valence-electron chi connectivity index (χ0n) is 11.4. The van der Waals surface area contributed by atoms with Crippen molar-refractivity contribution in [3.8, 4) is 0 Å². The molecular weight excluding hydrogens is 281 g/mol. The van der Waals surface area contributed by atoms with E-state index in [1.165, 1.54) is 12.5 Å². The summed E-state index contributed by atoms with van der Waals surface area (Å²) in [5.41, 5.74) is 3.08. The molecule has 112 valence electrons. The highest BCUT2D eigenvalue weighted by molar-refractivity contribution is 7.91. The molecule has 1 saturated carbocycles. The summed E-state index contributed by atoms with van der Waals surface area (Å²) in [5.74, 6) is 5.16. The van der Waals surface area contributed by atoms with Gasteiger partial charge < -0.3 is 0 Å². The van der Waals surface area contributed by atoms with E-state index < -0.39 is 15.7 Å². The van der Waals surface area contributed by atoms with Crippen LogP contribution in [0.4, 0.5) is 4.39 Å². The van der Waals surface area contributed by atoms with E-state index in [1.807, 2.05) is 0 Å². The molecule has 1 heterocycles. The summed E-state index contributed by atoms with van der Waals surface area (Å²) >= 11 is 0. The van der Waals surface area contributed by atoms with Crippen molar-refractivity contribution in [2.75, 3.05) is 6.26 Å². The third-order valence-corrected chi connectivity index (χ3v) is 5.70. The normalized spacial score (nSPS) is 25.4. The van der Waals surface area contributed by atoms with Crippen LogP contribution in [0, 0.1) is 11.7 Å². The number of rotatable bonds is 4. The fourth-order valence-electron chi connectivity index (χ4n) is 2.99. The lowest BCUT2D eigenvalue weighted by atomic mass is 9.81. The van der Waals surface area contributed by atoms with Gasteiger partial charge in [-0.3, -0.25) is 16.3 Å². The number of hydrazine groups is 1. The molecule has 3 unspecified atom stereocenters. The minimum atomic E-state index is -3.07. The number of sulfone groups is 1. The summed E-state index contributed by atoms with van der Waals surface area (Å²) < 4.78 is 37.3. The average molecular weight is 301 g/mol. The van der Waals surface area contributed by atoms with E-state index in [0.717, 1.165) is 19.0 Å². The van der Waals surface area contributed by atoms with Gasteiger partial charge in [-0.05, 0) is 31.2 Å². The first kappa shape index (κ1) is 15.3. The first-order valence-electron chi connectivity index (χ1n) is 6.68. The van der Waals surface area contributed by atoms with Gasteiger partial charge in [-0.25, -0.2) is 12.8 Å². The zero-order valence-corrected chi connectivity index (χ0v) is 12.2. The summed E-state index contributed by atoms with van der Waals surface area (Å²) in [7, 11) is -3.07. The van der Waals surface area contributed by atoms with Crippen LogP contribution in [0.25, 0.3) is 0 Å². The van der Waals surface area contributed by atoms with E-state index in [2.05, 4.69) is 10.4 Å². The van der Waals surface area contributed by atoms with Crippen LogP contribution >= 0.6 is 0 Å². The maximum Gasteiger partial charge on any atom is 0.150 e. The van der Waals surface area contributed by atoms with E-state index in [4.69, 9.17) is 5.84 Å². The summed E-state index contributed by atoms with van der Waals surface area (Å²) in [6, 6.07) is 1.20. The Morgan fingerprint density at radius 3 is 2.85 bits per heavy atom. The Balaban J connectivity index is 2.22. The van der Waals surface area contributed by atoms with Gasteiger partial charge in [-0.2, -0.15) is 0 Å². The van der Waals surface area contributed by atoms with Crippen molar-refractivity contribution < 1.29 is 12.8 Å². The fourth-order valence-corrected chi connectivity index (χ4v) is 4.18. The Labute approximate surface area is 118 Å². The molecule has 5 nitrogen and oxygen atoms in total. The molecule has 0 aliphatic heterocycles. The van der Waals surface area contributed by atoms with Gasteiger partial charge in [-0.15, -0.1) is 0 Å². The quantitative estimate of drug-likeness (QED) is 0.647. The van der Waals surface area contributed by atoms with Gasteiger partial charge in [0.2, 0.25) is 0 Å². The van der Waals surface area contributed by atoms with Gasteiger partial charge in [0.05, 0.1) is 17.5 Å². The van der Waals surface area contributed by atoms with Gasteiger partial charge in [-0.1, -0.05) is 6.42 Å². The third-order valence-electron chi connectivity index (χ3n) is 4.06. The Morgan fingerprint density at radius 1 is 1.50 bits per heavy atom. The number of halogens is 1. The highest BCUT2D eigenvalue weighted by atomic mass is 32.2. The van der Waals surface area contributed by atoms with Gasteiger partial charge in [0, 0.05) is 18.0 Å². The number of nitrogens with one attached hydrogen (secondary N) is 1. The summed E-state index contributed by atoms with van der Waals surface area (Å²) in [5, 5.41) is -0.359. The maximum atomic E-state index is 13.8.